The number of benzene rings is 2. The van der Waals surface area contributed by atoms with Gasteiger partial charge in [-0.3, -0.25) is 19.8 Å². The summed E-state index contributed by atoms with van der Waals surface area (Å²) in [5.41, 5.74) is 1.06. The van der Waals surface area contributed by atoms with Crippen molar-refractivity contribution in [3.05, 3.63) is 64.2 Å². The van der Waals surface area contributed by atoms with Crippen LogP contribution in [0.3, 0.4) is 0 Å². The van der Waals surface area contributed by atoms with Crippen LogP contribution in [0.2, 0.25) is 0 Å². The molecule has 8 nitrogen and oxygen atoms in total. The van der Waals surface area contributed by atoms with E-state index >= 15 is 0 Å². The Kier molecular flexibility index (Phi) is 7.02. The Bertz CT molecular complexity index is 840. The van der Waals surface area contributed by atoms with E-state index in [9.17, 15) is 14.9 Å². The number of methoxy groups -OCH3 is 1. The topological polar surface area (TPSA) is 85.2 Å². The van der Waals surface area contributed by atoms with Gasteiger partial charge in [-0.2, -0.15) is 0 Å². The molecule has 0 unspecified atom stereocenters. The first-order valence-electron chi connectivity index (χ1n) is 9.56. The first-order valence-corrected chi connectivity index (χ1v) is 9.56. The number of nitro groups is 1. The number of para-hydroxylation sites is 2. The van der Waals surface area contributed by atoms with Crippen molar-refractivity contribution >= 4 is 11.6 Å². The van der Waals surface area contributed by atoms with Gasteiger partial charge in [0, 0.05) is 38.8 Å². The second kappa shape index (κ2) is 9.88. The normalized spacial score (nSPS) is 14.9. The van der Waals surface area contributed by atoms with Gasteiger partial charge in [0.15, 0.2) is 12.4 Å². The molecule has 0 radical (unpaired) electrons. The molecule has 2 aromatic carbocycles. The summed E-state index contributed by atoms with van der Waals surface area (Å²) in [6.45, 7) is 3.54. The van der Waals surface area contributed by atoms with Crippen LogP contribution in [0, 0.1) is 10.1 Å². The van der Waals surface area contributed by atoms with Crippen LogP contribution in [0.1, 0.15) is 12.0 Å². The molecule has 2 aromatic rings. The third-order valence-corrected chi connectivity index (χ3v) is 4.92. The summed E-state index contributed by atoms with van der Waals surface area (Å²) in [5, 5.41) is 11.1. The molecule has 0 spiro atoms. The number of amides is 1. The quantitative estimate of drug-likeness (QED) is 0.526. The van der Waals surface area contributed by atoms with E-state index < -0.39 is 4.92 Å². The first kappa shape index (κ1) is 20.6. The van der Waals surface area contributed by atoms with Gasteiger partial charge in [0.05, 0.1) is 12.0 Å². The van der Waals surface area contributed by atoms with E-state index in [1.165, 1.54) is 17.7 Å². The molecule has 3 rings (SSSR count). The van der Waals surface area contributed by atoms with Crippen LogP contribution in [0.5, 0.6) is 11.5 Å². The van der Waals surface area contributed by atoms with Gasteiger partial charge >= 0.3 is 5.69 Å². The van der Waals surface area contributed by atoms with Gasteiger partial charge < -0.3 is 14.4 Å². The Hall–Kier alpha value is -3.13. The van der Waals surface area contributed by atoms with Gasteiger partial charge in [0.25, 0.3) is 5.91 Å². The SMILES string of the molecule is COc1ccc(CN2CCCN(C(=O)COc3ccccc3[N+](=O)[O-])CC2)cc1. The third-order valence-electron chi connectivity index (χ3n) is 4.92. The lowest BCUT2D eigenvalue weighted by Gasteiger charge is -2.22. The van der Waals surface area contributed by atoms with E-state index in [0.717, 1.165) is 31.8 Å². The molecule has 1 aliphatic rings. The summed E-state index contributed by atoms with van der Waals surface area (Å²) in [6.07, 6.45) is 0.868. The molecule has 1 heterocycles. The highest BCUT2D eigenvalue weighted by molar-refractivity contribution is 5.78. The summed E-state index contributed by atoms with van der Waals surface area (Å²) in [5.74, 6) is 0.788. The van der Waals surface area contributed by atoms with Crippen molar-refractivity contribution in [2.24, 2.45) is 0 Å². The number of hydrogen-bond donors (Lipinski definition) is 0. The fourth-order valence-electron chi connectivity index (χ4n) is 3.33. The number of carbonyl (C=O) groups is 1. The van der Waals surface area contributed by atoms with Gasteiger partial charge in [-0.15, -0.1) is 0 Å². The van der Waals surface area contributed by atoms with E-state index in [4.69, 9.17) is 9.47 Å². The fraction of sp³-hybridized carbons (Fsp3) is 0.381. The summed E-state index contributed by atoms with van der Waals surface area (Å²) >= 11 is 0. The van der Waals surface area contributed by atoms with E-state index in [-0.39, 0.29) is 24.0 Å². The molecule has 1 fully saturated rings. The maximum absolute atomic E-state index is 12.5. The van der Waals surface area contributed by atoms with Crippen LogP contribution in [-0.4, -0.2) is 60.5 Å². The Labute approximate surface area is 169 Å². The molecule has 154 valence electrons. The zero-order chi connectivity index (χ0) is 20.6. The second-order valence-corrected chi connectivity index (χ2v) is 6.87. The molecule has 1 aliphatic heterocycles. The van der Waals surface area contributed by atoms with Crippen LogP contribution < -0.4 is 9.47 Å². The van der Waals surface area contributed by atoms with Gasteiger partial charge in [-0.1, -0.05) is 24.3 Å². The van der Waals surface area contributed by atoms with E-state index in [1.54, 1.807) is 24.1 Å². The third kappa shape index (κ3) is 5.68. The van der Waals surface area contributed by atoms with E-state index in [1.807, 2.05) is 24.3 Å². The monoisotopic (exact) mass is 399 g/mol. The number of carbonyl (C=O) groups excluding carboxylic acids is 1. The highest BCUT2D eigenvalue weighted by Gasteiger charge is 2.21. The van der Waals surface area contributed by atoms with Crippen LogP contribution in [0.4, 0.5) is 5.69 Å². The maximum Gasteiger partial charge on any atom is 0.310 e. The predicted molar refractivity (Wildman–Crippen MR) is 108 cm³/mol. The predicted octanol–water partition coefficient (Wildman–Crippen LogP) is 2.72. The van der Waals surface area contributed by atoms with Crippen molar-refractivity contribution < 1.29 is 19.2 Å². The minimum Gasteiger partial charge on any atom is -0.497 e. The van der Waals surface area contributed by atoms with Gasteiger partial charge in [-0.25, -0.2) is 0 Å². The van der Waals surface area contributed by atoms with Crippen LogP contribution in [-0.2, 0) is 11.3 Å². The Morgan fingerprint density at radius 2 is 1.83 bits per heavy atom. The molecule has 0 bridgehead atoms. The maximum atomic E-state index is 12.5. The summed E-state index contributed by atoms with van der Waals surface area (Å²) in [4.78, 5) is 27.2. The van der Waals surface area contributed by atoms with Crippen molar-refractivity contribution in [2.75, 3.05) is 39.9 Å². The molecular weight excluding hydrogens is 374 g/mol. The van der Waals surface area contributed by atoms with Gasteiger partial charge in [0.2, 0.25) is 0 Å². The zero-order valence-electron chi connectivity index (χ0n) is 16.5. The zero-order valence-corrected chi connectivity index (χ0v) is 16.5. The summed E-state index contributed by atoms with van der Waals surface area (Å²) in [7, 11) is 1.65. The van der Waals surface area contributed by atoms with Crippen LogP contribution >= 0.6 is 0 Å². The van der Waals surface area contributed by atoms with Crippen molar-refractivity contribution in [3.8, 4) is 11.5 Å². The molecule has 0 saturated carbocycles. The lowest BCUT2D eigenvalue weighted by Crippen LogP contribution is -2.38. The summed E-state index contributed by atoms with van der Waals surface area (Å²) in [6, 6.07) is 14.1. The van der Waals surface area contributed by atoms with Crippen LogP contribution in [0.15, 0.2) is 48.5 Å². The summed E-state index contributed by atoms with van der Waals surface area (Å²) < 4.78 is 10.6. The Morgan fingerprint density at radius 1 is 1.07 bits per heavy atom. The Balaban J connectivity index is 1.51. The molecule has 0 aliphatic carbocycles. The van der Waals surface area contributed by atoms with Crippen LogP contribution in [0.25, 0.3) is 0 Å². The number of nitrogens with zero attached hydrogens (tertiary/aromatic N) is 3. The number of ether oxygens (including phenoxy) is 2. The second-order valence-electron chi connectivity index (χ2n) is 6.87. The molecular formula is C21H25N3O5. The highest BCUT2D eigenvalue weighted by atomic mass is 16.6. The molecule has 8 heteroatoms. The van der Waals surface area contributed by atoms with Crippen molar-refractivity contribution in [3.63, 3.8) is 0 Å². The molecule has 29 heavy (non-hydrogen) atoms. The highest BCUT2D eigenvalue weighted by Crippen LogP contribution is 2.25. The van der Waals surface area contributed by atoms with Crippen molar-refractivity contribution in [1.82, 2.24) is 9.80 Å². The van der Waals surface area contributed by atoms with Crippen molar-refractivity contribution in [2.45, 2.75) is 13.0 Å². The number of rotatable bonds is 7. The number of nitro benzene ring substituents is 1. The molecule has 0 aromatic heterocycles. The molecule has 1 amide bonds. The number of hydrogen-bond acceptors (Lipinski definition) is 6. The first-order chi connectivity index (χ1) is 14.1. The average Bonchev–Trinajstić information content (AvgIpc) is 2.98. The van der Waals surface area contributed by atoms with Gasteiger partial charge in [0.1, 0.15) is 5.75 Å². The van der Waals surface area contributed by atoms with Gasteiger partial charge in [-0.05, 0) is 30.2 Å². The molecule has 0 N–H and O–H groups in total. The largest absolute Gasteiger partial charge is 0.497 e. The fourth-order valence-corrected chi connectivity index (χ4v) is 3.33. The lowest BCUT2D eigenvalue weighted by molar-refractivity contribution is -0.385. The smallest absolute Gasteiger partial charge is 0.310 e. The Morgan fingerprint density at radius 3 is 2.55 bits per heavy atom. The van der Waals surface area contributed by atoms with E-state index in [0.29, 0.717) is 13.1 Å². The lowest BCUT2D eigenvalue weighted by atomic mass is 10.2. The minimum atomic E-state index is -0.511. The molecule has 0 atom stereocenters. The molecule has 1 saturated heterocycles. The average molecular weight is 399 g/mol. The standard InChI is InChI=1S/C21H25N3O5/c1-28-18-9-7-17(8-10-18)15-22-11-4-12-23(14-13-22)21(25)16-29-20-6-3-2-5-19(20)24(26)27/h2-3,5-10H,4,11-16H2,1H3. The van der Waals surface area contributed by atoms with Crippen molar-refractivity contribution in [1.29, 1.82) is 0 Å². The minimum absolute atomic E-state index is 0.113. The van der Waals surface area contributed by atoms with E-state index in [2.05, 4.69) is 4.90 Å².